The summed E-state index contributed by atoms with van der Waals surface area (Å²) in [6.07, 6.45) is 1.61. The van der Waals surface area contributed by atoms with Crippen LogP contribution in [0.3, 0.4) is 0 Å². The highest BCUT2D eigenvalue weighted by Gasteiger charge is 2.36. The number of carbonyl (C=O) groups is 1. The van der Waals surface area contributed by atoms with Gasteiger partial charge in [0, 0.05) is 5.70 Å². The fraction of sp³-hybridized carbons (Fsp3) is 0.242. The zero-order valence-corrected chi connectivity index (χ0v) is 26.3. The van der Waals surface area contributed by atoms with Gasteiger partial charge in [0.15, 0.2) is 27.8 Å². The van der Waals surface area contributed by atoms with Crippen molar-refractivity contribution in [1.82, 2.24) is 4.57 Å². The fourth-order valence-corrected chi connectivity index (χ4v) is 6.08. The van der Waals surface area contributed by atoms with E-state index >= 15 is 0 Å². The van der Waals surface area contributed by atoms with Gasteiger partial charge in [-0.15, -0.1) is 0 Å². The molecule has 0 unspecified atom stereocenters. The number of nitrogens with zero attached hydrogens (tertiary/aromatic N) is 3. The van der Waals surface area contributed by atoms with E-state index in [0.29, 0.717) is 5.56 Å². The molecule has 4 aromatic rings. The highest BCUT2D eigenvalue weighted by molar-refractivity contribution is 7.07. The van der Waals surface area contributed by atoms with Gasteiger partial charge in [-0.3, -0.25) is 19.5 Å². The summed E-state index contributed by atoms with van der Waals surface area (Å²) in [6, 6.07) is 15.5. The van der Waals surface area contributed by atoms with Gasteiger partial charge in [-0.05, 0) is 56.2 Å². The number of methoxy groups -OCH3 is 1. The van der Waals surface area contributed by atoms with Crippen LogP contribution in [0.15, 0.2) is 76.0 Å². The van der Waals surface area contributed by atoms with E-state index in [1.165, 1.54) is 29.9 Å². The second kappa shape index (κ2) is 13.7. The van der Waals surface area contributed by atoms with Gasteiger partial charge in [0.05, 0.1) is 47.0 Å². The summed E-state index contributed by atoms with van der Waals surface area (Å²) >= 11 is 1.05. The molecule has 0 fully saturated rings. The highest BCUT2D eigenvalue weighted by Crippen LogP contribution is 2.43. The van der Waals surface area contributed by atoms with Crippen LogP contribution in [0.25, 0.3) is 11.8 Å². The first-order valence-electron chi connectivity index (χ1n) is 14.3. The van der Waals surface area contributed by atoms with E-state index in [-0.39, 0.29) is 74.7 Å². The van der Waals surface area contributed by atoms with Gasteiger partial charge in [0.1, 0.15) is 12.6 Å². The van der Waals surface area contributed by atoms with Crippen LogP contribution in [0.2, 0.25) is 0 Å². The van der Waals surface area contributed by atoms with Crippen molar-refractivity contribution >= 4 is 34.8 Å². The Hall–Kier alpha value is -5.43. The number of esters is 1. The van der Waals surface area contributed by atoms with Crippen LogP contribution in [-0.2, 0) is 16.1 Å². The van der Waals surface area contributed by atoms with Crippen LogP contribution in [0.5, 0.6) is 23.0 Å². The molecule has 46 heavy (non-hydrogen) atoms. The molecule has 1 atom stereocenters. The monoisotopic (exact) mass is 645 g/mol. The van der Waals surface area contributed by atoms with Gasteiger partial charge in [0.2, 0.25) is 0 Å². The van der Waals surface area contributed by atoms with Crippen molar-refractivity contribution < 1.29 is 33.8 Å². The minimum atomic E-state index is -1.19. The summed E-state index contributed by atoms with van der Waals surface area (Å²) < 4.78 is 23.9. The van der Waals surface area contributed by atoms with E-state index in [2.05, 4.69) is 0 Å². The number of hydrogen-bond acceptors (Lipinski definition) is 11. The number of nitro benzene ring substituents is 1. The third kappa shape index (κ3) is 6.35. The minimum absolute atomic E-state index is 0.0180. The predicted octanol–water partition coefficient (Wildman–Crippen LogP) is 4.51. The molecular weight excluding hydrogens is 614 g/mol. The van der Waals surface area contributed by atoms with Gasteiger partial charge in [-0.25, -0.2) is 9.79 Å². The Morgan fingerprint density at radius 2 is 1.80 bits per heavy atom. The zero-order chi connectivity index (χ0) is 33.0. The second-order valence-electron chi connectivity index (χ2n) is 10.0. The first-order valence-corrected chi connectivity index (χ1v) is 15.2. The van der Waals surface area contributed by atoms with Crippen molar-refractivity contribution in [2.24, 2.45) is 4.99 Å². The summed E-state index contributed by atoms with van der Waals surface area (Å²) in [5.41, 5.74) is 0.940. The topological polar surface area (TPSA) is 152 Å². The number of phenols is 1. The third-order valence-electron chi connectivity index (χ3n) is 7.16. The van der Waals surface area contributed by atoms with Crippen molar-refractivity contribution in [2.45, 2.75) is 33.4 Å². The first-order chi connectivity index (χ1) is 22.2. The normalized spacial score (nSPS) is 14.3. The summed E-state index contributed by atoms with van der Waals surface area (Å²) in [5.74, 6) is -0.191. The average Bonchev–Trinajstić information content (AvgIpc) is 3.36. The smallest absolute Gasteiger partial charge is 0.338 e. The zero-order valence-electron chi connectivity index (χ0n) is 25.5. The molecule has 2 heterocycles. The lowest BCUT2D eigenvalue weighted by atomic mass is 9.94. The molecule has 12 nitrogen and oxygen atoms in total. The van der Waals surface area contributed by atoms with Gasteiger partial charge < -0.3 is 24.1 Å². The molecule has 1 aliphatic rings. The Morgan fingerprint density at radius 1 is 1.07 bits per heavy atom. The molecule has 1 N–H and O–H groups in total. The Labute approximate surface area is 267 Å². The van der Waals surface area contributed by atoms with Gasteiger partial charge in [-0.1, -0.05) is 47.7 Å². The molecule has 0 amide bonds. The lowest BCUT2D eigenvalue weighted by Crippen LogP contribution is -2.35. The number of thiazole rings is 1. The van der Waals surface area contributed by atoms with E-state index in [4.69, 9.17) is 23.9 Å². The summed E-state index contributed by atoms with van der Waals surface area (Å²) in [5, 5.41) is 22.4. The first kappa shape index (κ1) is 32.0. The Kier molecular flexibility index (Phi) is 9.52. The summed E-state index contributed by atoms with van der Waals surface area (Å²) in [7, 11) is 1.42. The molecule has 0 bridgehead atoms. The quantitative estimate of drug-likeness (QED) is 0.141. The highest BCUT2D eigenvalue weighted by atomic mass is 32.1. The van der Waals surface area contributed by atoms with Crippen molar-refractivity contribution in [3.8, 4) is 23.0 Å². The van der Waals surface area contributed by atoms with Gasteiger partial charge >= 0.3 is 5.97 Å². The predicted molar refractivity (Wildman–Crippen MR) is 171 cm³/mol. The van der Waals surface area contributed by atoms with Gasteiger partial charge in [0.25, 0.3) is 11.2 Å². The number of aromatic nitrogens is 1. The molecule has 3 aromatic carbocycles. The standard InChI is InChI=1S/C33H31N3O9S/c1-5-43-26-16-22(23(36(40)41)17-27(26)45-18-20-10-8-7-9-11-20)30-29(32(39)44-6-2)19(3)35-31(38)28(46-33(35)34-30)15-21-12-13-24(37)25(14-21)42-4/h7-17,30,37H,5-6,18H2,1-4H3/b28-15-/t30-/m1/s1. The number of aromatic hydroxyl groups is 1. The third-order valence-corrected chi connectivity index (χ3v) is 8.15. The van der Waals surface area contributed by atoms with Crippen LogP contribution in [-0.4, -0.2) is 40.9 Å². The van der Waals surface area contributed by atoms with Crippen LogP contribution >= 0.6 is 11.3 Å². The van der Waals surface area contributed by atoms with Crippen LogP contribution < -0.4 is 29.1 Å². The number of ether oxygens (including phenoxy) is 4. The number of allylic oxidation sites excluding steroid dienone is 1. The number of rotatable bonds is 11. The number of benzene rings is 3. The van der Waals surface area contributed by atoms with Crippen LogP contribution in [0.4, 0.5) is 5.69 Å². The summed E-state index contributed by atoms with van der Waals surface area (Å²) in [4.78, 5) is 43.9. The van der Waals surface area contributed by atoms with E-state index in [1.807, 2.05) is 30.3 Å². The van der Waals surface area contributed by atoms with E-state index in [9.17, 15) is 24.8 Å². The molecular formula is C33H31N3O9S. The lowest BCUT2D eigenvalue weighted by molar-refractivity contribution is -0.385. The van der Waals surface area contributed by atoms with Crippen molar-refractivity contribution in [1.29, 1.82) is 0 Å². The van der Waals surface area contributed by atoms with Crippen molar-refractivity contribution in [3.63, 3.8) is 0 Å². The molecule has 5 rings (SSSR count). The molecule has 0 radical (unpaired) electrons. The molecule has 0 aliphatic carbocycles. The van der Waals surface area contributed by atoms with Crippen LogP contribution in [0.1, 0.15) is 43.5 Å². The van der Waals surface area contributed by atoms with Crippen molar-refractivity contribution in [2.75, 3.05) is 20.3 Å². The largest absolute Gasteiger partial charge is 0.504 e. The molecule has 1 aliphatic heterocycles. The lowest BCUT2D eigenvalue weighted by Gasteiger charge is -2.23. The van der Waals surface area contributed by atoms with Crippen molar-refractivity contribution in [3.05, 3.63) is 113 Å². The number of nitro groups is 1. The van der Waals surface area contributed by atoms with Crippen LogP contribution in [0, 0.1) is 10.1 Å². The van der Waals surface area contributed by atoms with E-state index < -0.39 is 22.5 Å². The molecule has 1 aromatic heterocycles. The molecule has 238 valence electrons. The second-order valence-corrected chi connectivity index (χ2v) is 11.0. The Balaban J connectivity index is 1.70. The number of fused-ring (bicyclic) bond motifs is 1. The summed E-state index contributed by atoms with van der Waals surface area (Å²) in [6.45, 7) is 5.41. The van der Waals surface area contributed by atoms with E-state index in [0.717, 1.165) is 16.9 Å². The average molecular weight is 646 g/mol. The maximum Gasteiger partial charge on any atom is 0.338 e. The molecule has 0 spiro atoms. The maximum absolute atomic E-state index is 13.6. The van der Waals surface area contributed by atoms with Gasteiger partial charge in [-0.2, -0.15) is 0 Å². The number of phenolic OH excluding ortho intramolecular Hbond substituents is 1. The maximum atomic E-state index is 13.6. The Bertz CT molecular complexity index is 2020. The van der Waals surface area contributed by atoms with E-state index in [1.54, 1.807) is 39.0 Å². The minimum Gasteiger partial charge on any atom is -0.504 e. The SMILES string of the molecule is CCOC(=O)C1=C(C)n2c(s/c(=C\c3ccc(O)c(OC)c3)c2=O)=N[C@@H]1c1cc(OCC)c(OCc2ccccc2)cc1[N+](=O)[O-]. The fourth-order valence-electron chi connectivity index (χ4n) is 5.04. The molecule has 0 saturated heterocycles. The number of hydrogen-bond donors (Lipinski definition) is 1. The molecule has 13 heteroatoms. The number of carbonyl (C=O) groups excluding carboxylic acids is 1. The molecule has 0 saturated carbocycles. The Morgan fingerprint density at radius 3 is 2.48 bits per heavy atom.